The smallest absolute Gasteiger partial charge is 0.247 e. The molecule has 1 saturated heterocycles. The van der Waals surface area contributed by atoms with Crippen LogP contribution >= 0.6 is 0 Å². The first-order valence-corrected chi connectivity index (χ1v) is 9.98. The number of carbonyl (C=O) groups excluding carboxylic acids is 2. The summed E-state index contributed by atoms with van der Waals surface area (Å²) in [6, 6.07) is 17.8. The van der Waals surface area contributed by atoms with E-state index >= 15 is 0 Å². The van der Waals surface area contributed by atoms with Crippen LogP contribution in [0.5, 0.6) is 0 Å². The Hall–Kier alpha value is -3.08. The SMILES string of the molecule is O=C(Nc1cccc(-c2cc3ccccc3[nH]2)c1)[C@H]1CCCN1C(=O)C1CC1. The molecule has 0 unspecified atom stereocenters. The topological polar surface area (TPSA) is 65.2 Å². The van der Waals surface area contributed by atoms with Crippen LogP contribution in [0.25, 0.3) is 22.2 Å². The first-order chi connectivity index (χ1) is 13.7. The number of likely N-dealkylation sites (tertiary alicyclic amines) is 1. The van der Waals surface area contributed by atoms with Gasteiger partial charge in [-0.05, 0) is 49.9 Å². The maximum Gasteiger partial charge on any atom is 0.247 e. The van der Waals surface area contributed by atoms with Crippen molar-refractivity contribution < 1.29 is 9.59 Å². The van der Waals surface area contributed by atoms with Gasteiger partial charge in [0, 0.05) is 40.3 Å². The summed E-state index contributed by atoms with van der Waals surface area (Å²) in [6.45, 7) is 0.697. The molecule has 5 rings (SSSR count). The van der Waals surface area contributed by atoms with Crippen molar-refractivity contribution in [2.24, 2.45) is 5.92 Å². The number of anilines is 1. The lowest BCUT2D eigenvalue weighted by molar-refractivity contribution is -0.137. The van der Waals surface area contributed by atoms with Crippen molar-refractivity contribution in [3.8, 4) is 11.3 Å². The highest BCUT2D eigenvalue weighted by atomic mass is 16.2. The normalized spacial score (nSPS) is 19.1. The maximum absolute atomic E-state index is 12.8. The summed E-state index contributed by atoms with van der Waals surface area (Å²) < 4.78 is 0. The maximum atomic E-state index is 12.8. The highest BCUT2D eigenvalue weighted by molar-refractivity contribution is 5.98. The molecule has 3 aromatic rings. The average Bonchev–Trinajstić information content (AvgIpc) is 3.28. The highest BCUT2D eigenvalue weighted by Gasteiger charge is 2.40. The lowest BCUT2D eigenvalue weighted by atomic mass is 10.1. The number of amides is 2. The lowest BCUT2D eigenvalue weighted by Crippen LogP contribution is -2.43. The first-order valence-electron chi connectivity index (χ1n) is 9.98. The van der Waals surface area contributed by atoms with Crippen LogP contribution in [0, 0.1) is 5.92 Å². The Morgan fingerprint density at radius 3 is 2.68 bits per heavy atom. The molecule has 2 amide bonds. The van der Waals surface area contributed by atoms with Crippen molar-refractivity contribution >= 4 is 28.4 Å². The molecule has 142 valence electrons. The molecule has 2 N–H and O–H groups in total. The Balaban J connectivity index is 1.34. The summed E-state index contributed by atoms with van der Waals surface area (Å²) in [5.41, 5.74) is 3.88. The van der Waals surface area contributed by atoms with E-state index in [4.69, 9.17) is 0 Å². The van der Waals surface area contributed by atoms with Gasteiger partial charge in [0.1, 0.15) is 6.04 Å². The molecule has 1 aliphatic heterocycles. The summed E-state index contributed by atoms with van der Waals surface area (Å²) in [5, 5.41) is 4.18. The van der Waals surface area contributed by atoms with E-state index in [1.807, 2.05) is 36.4 Å². The van der Waals surface area contributed by atoms with Gasteiger partial charge in [0.05, 0.1) is 0 Å². The van der Waals surface area contributed by atoms with E-state index in [1.54, 1.807) is 4.90 Å². The van der Waals surface area contributed by atoms with Gasteiger partial charge >= 0.3 is 0 Å². The number of H-pyrrole nitrogens is 1. The molecule has 2 aromatic carbocycles. The number of hydrogen-bond donors (Lipinski definition) is 2. The number of para-hydroxylation sites is 1. The Morgan fingerprint density at radius 1 is 1.00 bits per heavy atom. The van der Waals surface area contributed by atoms with Gasteiger partial charge in [0.2, 0.25) is 11.8 Å². The van der Waals surface area contributed by atoms with E-state index in [-0.39, 0.29) is 23.8 Å². The quantitative estimate of drug-likeness (QED) is 0.721. The second kappa shape index (κ2) is 6.82. The van der Waals surface area contributed by atoms with Crippen LogP contribution < -0.4 is 5.32 Å². The van der Waals surface area contributed by atoms with E-state index < -0.39 is 0 Å². The number of aromatic nitrogens is 1. The van der Waals surface area contributed by atoms with E-state index in [1.165, 1.54) is 0 Å². The molecular formula is C23H23N3O2. The van der Waals surface area contributed by atoms with Gasteiger partial charge in [0.25, 0.3) is 0 Å². The number of nitrogens with one attached hydrogen (secondary N) is 2. The molecular weight excluding hydrogens is 350 g/mol. The highest BCUT2D eigenvalue weighted by Crippen LogP contribution is 2.34. The molecule has 1 aromatic heterocycles. The van der Waals surface area contributed by atoms with E-state index in [0.717, 1.165) is 53.5 Å². The molecule has 0 radical (unpaired) electrons. The molecule has 1 saturated carbocycles. The van der Waals surface area contributed by atoms with Crippen molar-refractivity contribution in [3.63, 3.8) is 0 Å². The van der Waals surface area contributed by atoms with Crippen LogP contribution in [0.4, 0.5) is 5.69 Å². The molecule has 5 nitrogen and oxygen atoms in total. The van der Waals surface area contributed by atoms with Crippen LogP contribution in [0.15, 0.2) is 54.6 Å². The van der Waals surface area contributed by atoms with Crippen molar-refractivity contribution in [2.45, 2.75) is 31.7 Å². The number of fused-ring (bicyclic) bond motifs is 1. The molecule has 2 aliphatic rings. The zero-order valence-electron chi connectivity index (χ0n) is 15.7. The van der Waals surface area contributed by atoms with E-state index in [9.17, 15) is 9.59 Å². The van der Waals surface area contributed by atoms with Gasteiger partial charge in [-0.15, -0.1) is 0 Å². The number of carbonyl (C=O) groups is 2. The summed E-state index contributed by atoms with van der Waals surface area (Å²) in [4.78, 5) is 30.5. The Morgan fingerprint density at radius 2 is 1.86 bits per heavy atom. The number of rotatable bonds is 4. The number of nitrogens with zero attached hydrogens (tertiary/aromatic N) is 1. The summed E-state index contributed by atoms with van der Waals surface area (Å²) in [6.07, 6.45) is 3.57. The predicted molar refractivity (Wildman–Crippen MR) is 110 cm³/mol. The van der Waals surface area contributed by atoms with Crippen LogP contribution in [0.3, 0.4) is 0 Å². The van der Waals surface area contributed by atoms with Crippen molar-refractivity contribution in [2.75, 3.05) is 11.9 Å². The standard InChI is InChI=1S/C23H23N3O2/c27-22(21-9-4-12-26(21)23(28)15-10-11-15)24-18-7-3-6-16(13-18)20-14-17-5-1-2-8-19(17)25-20/h1-3,5-8,13-15,21,25H,4,9-12H2,(H,24,27)/t21-/m1/s1. The van der Waals surface area contributed by atoms with E-state index in [0.29, 0.717) is 6.54 Å². The molecule has 1 atom stereocenters. The zero-order valence-corrected chi connectivity index (χ0v) is 15.7. The van der Waals surface area contributed by atoms with Crippen LogP contribution in [0.2, 0.25) is 0 Å². The van der Waals surface area contributed by atoms with Crippen LogP contribution in [-0.2, 0) is 9.59 Å². The average molecular weight is 373 g/mol. The molecule has 5 heteroatoms. The lowest BCUT2D eigenvalue weighted by Gasteiger charge is -2.24. The minimum Gasteiger partial charge on any atom is -0.355 e. The zero-order chi connectivity index (χ0) is 19.1. The molecule has 0 bridgehead atoms. The number of aromatic amines is 1. The Labute approximate surface area is 163 Å². The predicted octanol–water partition coefficient (Wildman–Crippen LogP) is 4.17. The molecule has 1 aliphatic carbocycles. The van der Waals surface area contributed by atoms with Gasteiger partial charge in [-0.2, -0.15) is 0 Å². The van der Waals surface area contributed by atoms with Crippen LogP contribution in [0.1, 0.15) is 25.7 Å². The second-order valence-electron chi connectivity index (χ2n) is 7.80. The Bertz CT molecular complexity index is 1020. The third-order valence-corrected chi connectivity index (χ3v) is 5.74. The molecule has 2 fully saturated rings. The fourth-order valence-electron chi connectivity index (χ4n) is 4.09. The van der Waals surface area contributed by atoms with E-state index in [2.05, 4.69) is 28.5 Å². The van der Waals surface area contributed by atoms with Gasteiger partial charge in [-0.1, -0.05) is 30.3 Å². The third-order valence-electron chi connectivity index (χ3n) is 5.74. The monoisotopic (exact) mass is 373 g/mol. The fourth-order valence-corrected chi connectivity index (χ4v) is 4.09. The third kappa shape index (κ3) is 3.17. The van der Waals surface area contributed by atoms with Crippen molar-refractivity contribution in [1.82, 2.24) is 9.88 Å². The van der Waals surface area contributed by atoms with Gasteiger partial charge in [-0.25, -0.2) is 0 Å². The number of benzene rings is 2. The summed E-state index contributed by atoms with van der Waals surface area (Å²) in [5.74, 6) is 0.225. The minimum atomic E-state index is -0.343. The van der Waals surface area contributed by atoms with Gasteiger partial charge < -0.3 is 15.2 Å². The first kappa shape index (κ1) is 17.0. The van der Waals surface area contributed by atoms with Gasteiger partial charge in [0.15, 0.2) is 0 Å². The van der Waals surface area contributed by atoms with Crippen LogP contribution in [-0.4, -0.2) is 34.3 Å². The number of hydrogen-bond acceptors (Lipinski definition) is 2. The summed E-state index contributed by atoms with van der Waals surface area (Å²) in [7, 11) is 0. The van der Waals surface area contributed by atoms with Crippen molar-refractivity contribution in [3.05, 3.63) is 54.6 Å². The molecule has 2 heterocycles. The second-order valence-corrected chi connectivity index (χ2v) is 7.80. The summed E-state index contributed by atoms with van der Waals surface area (Å²) >= 11 is 0. The van der Waals surface area contributed by atoms with Gasteiger partial charge in [-0.3, -0.25) is 9.59 Å². The molecule has 28 heavy (non-hydrogen) atoms. The molecule has 0 spiro atoms. The minimum absolute atomic E-state index is 0.0831. The largest absolute Gasteiger partial charge is 0.355 e. The Kier molecular flexibility index (Phi) is 4.15. The van der Waals surface area contributed by atoms with Crippen molar-refractivity contribution in [1.29, 1.82) is 0 Å². The fraction of sp³-hybridized carbons (Fsp3) is 0.304.